The molecule has 14 heteroatoms. The van der Waals surface area contributed by atoms with Crippen molar-refractivity contribution in [1.29, 1.82) is 0 Å². The quantitative estimate of drug-likeness (QED) is 0.436. The Morgan fingerprint density at radius 3 is 0.912 bits per heavy atom. The summed E-state index contributed by atoms with van der Waals surface area (Å²) in [6.07, 6.45) is -2.01. The molecule has 2 saturated heterocycles. The van der Waals surface area contributed by atoms with Crippen LogP contribution in [0.4, 0.5) is 9.59 Å². The van der Waals surface area contributed by atoms with Gasteiger partial charge in [0.15, 0.2) is 0 Å². The number of nitrogens with zero attached hydrogens (tertiary/aromatic N) is 2. The van der Waals surface area contributed by atoms with Crippen LogP contribution in [0, 0.1) is 0 Å². The maximum atomic E-state index is 11.6. The highest BCUT2D eigenvalue weighted by Gasteiger charge is 2.52. The molecule has 2 heterocycles. The molecule has 192 valence electrons. The molecule has 0 aromatic heterocycles. The lowest BCUT2D eigenvalue weighted by Crippen LogP contribution is -2.65. The molecule has 34 heavy (non-hydrogen) atoms. The van der Waals surface area contributed by atoms with Crippen molar-refractivity contribution >= 4 is 36.1 Å². The molecule has 0 aromatic carbocycles. The van der Waals surface area contributed by atoms with Crippen LogP contribution >= 0.6 is 0 Å². The average molecular weight is 490 g/mol. The molecule has 0 saturated carbocycles. The Morgan fingerprint density at radius 2 is 0.765 bits per heavy atom. The molecule has 0 unspecified atom stereocenters. The summed E-state index contributed by atoms with van der Waals surface area (Å²) >= 11 is 0. The summed E-state index contributed by atoms with van der Waals surface area (Å²) < 4.78 is 9.93. The third kappa shape index (κ3) is 7.22. The zero-order chi connectivity index (χ0) is 26.8. The second-order valence-corrected chi connectivity index (χ2v) is 9.66. The maximum Gasteiger partial charge on any atom is 0.411 e. The van der Waals surface area contributed by atoms with Gasteiger partial charge in [0.05, 0.1) is 0 Å². The monoisotopic (exact) mass is 490 g/mol. The van der Waals surface area contributed by atoms with Gasteiger partial charge in [0, 0.05) is 12.8 Å². The molecule has 0 aromatic rings. The number of carboxylic acid groups (broad SMARTS) is 4. The van der Waals surface area contributed by atoms with E-state index in [1.807, 2.05) is 0 Å². The van der Waals surface area contributed by atoms with Crippen LogP contribution in [-0.4, -0.2) is 102 Å². The van der Waals surface area contributed by atoms with Gasteiger partial charge in [-0.2, -0.15) is 0 Å². The largest absolute Gasteiger partial charge is 0.480 e. The fraction of sp³-hybridized carbons (Fsp3) is 0.700. The fourth-order valence-corrected chi connectivity index (χ4v) is 3.05. The SMILES string of the molecule is CC(C)(C)OC(=O)N1[C@@H](C(=O)O)C[C@@H]1C(=O)O.CC(C)(C)OC(=O)N1[C@H](C(=O)O)C[C@H]1C(=O)O. The Bertz CT molecular complexity index is 747. The molecule has 2 rings (SSSR count). The van der Waals surface area contributed by atoms with Gasteiger partial charge in [0.25, 0.3) is 0 Å². The highest BCUT2D eigenvalue weighted by atomic mass is 16.6. The van der Waals surface area contributed by atoms with Crippen molar-refractivity contribution in [3.05, 3.63) is 0 Å². The molecule has 0 spiro atoms. The number of aliphatic carboxylic acids is 4. The molecule has 0 aliphatic carbocycles. The van der Waals surface area contributed by atoms with Crippen LogP contribution in [0.5, 0.6) is 0 Å². The summed E-state index contributed by atoms with van der Waals surface area (Å²) in [4.78, 5) is 67.9. The maximum absolute atomic E-state index is 11.6. The normalized spacial score (nSPS) is 23.8. The van der Waals surface area contributed by atoms with Gasteiger partial charge in [-0.25, -0.2) is 28.8 Å². The molecule has 2 fully saturated rings. The Balaban J connectivity index is 0.000000340. The van der Waals surface area contributed by atoms with E-state index in [-0.39, 0.29) is 12.8 Å². The van der Waals surface area contributed by atoms with Crippen LogP contribution in [0.3, 0.4) is 0 Å². The standard InChI is InChI=1S/2C10H15NO6/c2*1-10(2,3)17-9(16)11-5(7(12)13)4-6(11)8(14)15/h2*5-6H,4H2,1-3H3,(H,12,13)(H,14,15)/t2*5-,6-/m10/s1. The first kappa shape index (κ1) is 28.5. The summed E-state index contributed by atoms with van der Waals surface area (Å²) in [7, 11) is 0. The molecule has 4 N–H and O–H groups in total. The molecule has 2 amide bonds. The van der Waals surface area contributed by atoms with E-state index in [1.165, 1.54) is 0 Å². The number of carbonyl (C=O) groups is 6. The van der Waals surface area contributed by atoms with Crippen LogP contribution in [0.2, 0.25) is 0 Å². The molecule has 2 aliphatic rings. The van der Waals surface area contributed by atoms with Crippen molar-refractivity contribution in [3.63, 3.8) is 0 Å². The molecular weight excluding hydrogens is 460 g/mol. The zero-order valence-electron chi connectivity index (χ0n) is 19.7. The number of carbonyl (C=O) groups excluding carboxylic acids is 2. The second kappa shape index (κ2) is 10.1. The number of carboxylic acids is 4. The summed E-state index contributed by atoms with van der Waals surface area (Å²) in [5.74, 6) is -4.91. The Hall–Kier alpha value is -3.58. The lowest BCUT2D eigenvalue weighted by molar-refractivity contribution is -0.163. The molecule has 2 aliphatic heterocycles. The Morgan fingerprint density at radius 1 is 0.559 bits per heavy atom. The van der Waals surface area contributed by atoms with Crippen molar-refractivity contribution in [2.24, 2.45) is 0 Å². The van der Waals surface area contributed by atoms with E-state index in [2.05, 4.69) is 0 Å². The van der Waals surface area contributed by atoms with Crippen LogP contribution < -0.4 is 0 Å². The van der Waals surface area contributed by atoms with Gasteiger partial charge in [-0.05, 0) is 41.5 Å². The van der Waals surface area contributed by atoms with Gasteiger partial charge in [0.1, 0.15) is 35.4 Å². The minimum atomic E-state index is -1.23. The van der Waals surface area contributed by atoms with E-state index in [1.54, 1.807) is 41.5 Å². The van der Waals surface area contributed by atoms with Crippen molar-refractivity contribution < 1.29 is 58.7 Å². The first-order valence-corrected chi connectivity index (χ1v) is 10.2. The van der Waals surface area contributed by atoms with Crippen molar-refractivity contribution in [2.45, 2.75) is 89.8 Å². The van der Waals surface area contributed by atoms with Crippen molar-refractivity contribution in [2.75, 3.05) is 0 Å². The first-order chi connectivity index (χ1) is 15.3. The van der Waals surface area contributed by atoms with Gasteiger partial charge in [-0.1, -0.05) is 0 Å². The van der Waals surface area contributed by atoms with E-state index < -0.39 is 71.4 Å². The Kier molecular flexibility index (Phi) is 8.48. The topological polar surface area (TPSA) is 208 Å². The zero-order valence-corrected chi connectivity index (χ0v) is 19.7. The van der Waals surface area contributed by atoms with E-state index in [0.717, 1.165) is 9.80 Å². The lowest BCUT2D eigenvalue weighted by atomic mass is 9.93. The van der Waals surface area contributed by atoms with E-state index >= 15 is 0 Å². The summed E-state index contributed by atoms with van der Waals surface area (Å²) in [6.45, 7) is 9.73. The number of ether oxygens (including phenoxy) is 2. The van der Waals surface area contributed by atoms with Crippen LogP contribution in [0.1, 0.15) is 54.4 Å². The molecule has 14 nitrogen and oxygen atoms in total. The highest BCUT2D eigenvalue weighted by Crippen LogP contribution is 2.29. The van der Waals surface area contributed by atoms with Gasteiger partial charge in [0.2, 0.25) is 0 Å². The van der Waals surface area contributed by atoms with Gasteiger partial charge < -0.3 is 29.9 Å². The van der Waals surface area contributed by atoms with Gasteiger partial charge >= 0.3 is 36.1 Å². The van der Waals surface area contributed by atoms with Gasteiger partial charge in [-0.15, -0.1) is 0 Å². The van der Waals surface area contributed by atoms with Crippen LogP contribution in [0.15, 0.2) is 0 Å². The summed E-state index contributed by atoms with van der Waals surface area (Å²) in [5, 5.41) is 35.2. The first-order valence-electron chi connectivity index (χ1n) is 10.2. The Labute approximate surface area is 195 Å². The molecule has 0 radical (unpaired) electrons. The van der Waals surface area contributed by atoms with Crippen molar-refractivity contribution in [3.8, 4) is 0 Å². The van der Waals surface area contributed by atoms with Gasteiger partial charge in [-0.3, -0.25) is 9.80 Å². The molecular formula is C20H30N2O12. The number of hydrogen-bond acceptors (Lipinski definition) is 8. The third-order valence-corrected chi connectivity index (χ3v) is 4.59. The predicted octanol–water partition coefficient (Wildman–Crippen LogP) is 1.07. The molecule has 0 bridgehead atoms. The summed E-state index contributed by atoms with van der Waals surface area (Å²) in [5.41, 5.74) is -1.59. The smallest absolute Gasteiger partial charge is 0.411 e. The number of amides is 2. The van der Waals surface area contributed by atoms with Crippen LogP contribution in [0.25, 0.3) is 0 Å². The minimum Gasteiger partial charge on any atom is -0.480 e. The van der Waals surface area contributed by atoms with E-state index in [9.17, 15) is 28.8 Å². The molecule has 4 atom stereocenters. The number of hydrogen-bond donors (Lipinski definition) is 4. The highest BCUT2D eigenvalue weighted by molar-refractivity contribution is 5.90. The predicted molar refractivity (Wildman–Crippen MR) is 111 cm³/mol. The van der Waals surface area contributed by atoms with E-state index in [4.69, 9.17) is 29.9 Å². The minimum absolute atomic E-state index is 0.0933. The van der Waals surface area contributed by atoms with E-state index in [0.29, 0.717) is 0 Å². The third-order valence-electron chi connectivity index (χ3n) is 4.59. The average Bonchev–Trinajstić information content (AvgIpc) is 2.47. The number of likely N-dealkylation sites (tertiary alicyclic amines) is 2. The summed E-state index contributed by atoms with van der Waals surface area (Å²) in [6, 6.07) is -4.48. The van der Waals surface area contributed by atoms with Crippen molar-refractivity contribution in [1.82, 2.24) is 9.80 Å². The number of rotatable bonds is 4. The fourth-order valence-electron chi connectivity index (χ4n) is 3.05. The second-order valence-electron chi connectivity index (χ2n) is 9.66. The van der Waals surface area contributed by atoms with Crippen LogP contribution in [-0.2, 0) is 28.7 Å². The lowest BCUT2D eigenvalue weighted by Gasteiger charge is -2.43.